The molecule has 0 bridgehead atoms. The number of nitrogens with zero attached hydrogens (tertiary/aromatic N) is 5. The number of anilines is 1. The van der Waals surface area contributed by atoms with Gasteiger partial charge in [0.05, 0.1) is 5.69 Å². The second kappa shape index (κ2) is 11.8. The van der Waals surface area contributed by atoms with E-state index in [9.17, 15) is 4.79 Å². The number of rotatable bonds is 7. The van der Waals surface area contributed by atoms with E-state index < -0.39 is 0 Å². The predicted octanol–water partition coefficient (Wildman–Crippen LogP) is 4.98. The number of hydrogen-bond acceptors (Lipinski definition) is 5. The van der Waals surface area contributed by atoms with Crippen LogP contribution in [0.3, 0.4) is 0 Å². The normalized spacial score (nSPS) is 18.9. The second-order valence-corrected chi connectivity index (χ2v) is 10.1. The van der Waals surface area contributed by atoms with Crippen LogP contribution in [0.1, 0.15) is 70.2 Å². The Morgan fingerprint density at radius 1 is 1.19 bits per heavy atom. The van der Waals surface area contributed by atoms with Gasteiger partial charge < -0.3 is 16.0 Å². The zero-order valence-corrected chi connectivity index (χ0v) is 22.7. The minimum atomic E-state index is -0.0129. The number of pyridine rings is 2. The Labute approximate surface area is 220 Å². The molecule has 2 unspecified atom stereocenters. The third-order valence-electron chi connectivity index (χ3n) is 7.56. The molecular formula is C29H41N7O. The van der Waals surface area contributed by atoms with Crippen molar-refractivity contribution in [1.82, 2.24) is 30.0 Å². The van der Waals surface area contributed by atoms with E-state index in [-0.39, 0.29) is 17.5 Å². The van der Waals surface area contributed by atoms with Gasteiger partial charge in [-0.2, -0.15) is 5.10 Å². The van der Waals surface area contributed by atoms with E-state index >= 15 is 0 Å². The molecule has 1 spiro atoms. The average molecular weight is 504 g/mol. The molecule has 1 saturated heterocycles. The van der Waals surface area contributed by atoms with Crippen molar-refractivity contribution in [1.29, 1.82) is 0 Å². The summed E-state index contributed by atoms with van der Waals surface area (Å²) in [6.45, 7) is 10.6. The molecule has 0 aromatic carbocycles. The smallest absolute Gasteiger partial charge is 0.317 e. The van der Waals surface area contributed by atoms with Crippen LogP contribution in [0.2, 0.25) is 0 Å². The zero-order chi connectivity index (χ0) is 26.4. The van der Waals surface area contributed by atoms with Gasteiger partial charge in [0.25, 0.3) is 0 Å². The molecule has 5 rings (SSSR count). The summed E-state index contributed by atoms with van der Waals surface area (Å²) in [5.41, 5.74) is 11.5. The molecule has 0 radical (unpaired) electrons. The molecule has 3 aromatic heterocycles. The summed E-state index contributed by atoms with van der Waals surface area (Å²) >= 11 is 0. The third kappa shape index (κ3) is 5.78. The van der Waals surface area contributed by atoms with Crippen molar-refractivity contribution < 1.29 is 4.79 Å². The highest BCUT2D eigenvalue weighted by Gasteiger charge is 2.47. The number of carbonyl (C=O) groups is 1. The Morgan fingerprint density at radius 3 is 2.76 bits per heavy atom. The second-order valence-electron chi connectivity index (χ2n) is 10.1. The van der Waals surface area contributed by atoms with E-state index in [0.29, 0.717) is 5.82 Å². The average Bonchev–Trinajstić information content (AvgIpc) is 3.62. The zero-order valence-electron chi connectivity index (χ0n) is 22.7. The highest BCUT2D eigenvalue weighted by Crippen LogP contribution is 2.43. The summed E-state index contributed by atoms with van der Waals surface area (Å²) in [4.78, 5) is 23.5. The number of hydrogen-bond donors (Lipinski definition) is 2. The van der Waals surface area contributed by atoms with Crippen molar-refractivity contribution in [3.05, 3.63) is 59.7 Å². The van der Waals surface area contributed by atoms with E-state index in [4.69, 9.17) is 10.8 Å². The topological polar surface area (TPSA) is 102 Å². The summed E-state index contributed by atoms with van der Waals surface area (Å²) in [6, 6.07) is 8.61. The van der Waals surface area contributed by atoms with Gasteiger partial charge in [0.2, 0.25) is 0 Å². The van der Waals surface area contributed by atoms with Gasteiger partial charge in [-0.1, -0.05) is 33.3 Å². The van der Waals surface area contributed by atoms with Gasteiger partial charge in [-0.25, -0.2) is 9.78 Å². The Bertz CT molecular complexity index is 1190. The summed E-state index contributed by atoms with van der Waals surface area (Å²) in [5, 5.41) is 8.08. The molecule has 5 heterocycles. The summed E-state index contributed by atoms with van der Waals surface area (Å²) in [6.07, 6.45) is 11.2. The molecule has 3 N–H and O–H groups in total. The highest BCUT2D eigenvalue weighted by molar-refractivity contribution is 5.75. The fraction of sp³-hybridized carbons (Fsp3) is 0.517. The van der Waals surface area contributed by atoms with Gasteiger partial charge in [-0.15, -0.1) is 0 Å². The lowest BCUT2D eigenvalue weighted by Gasteiger charge is -2.24. The SMILES string of the molecule is CC.CCCC(C)NC(=O)N1CCC2(CCn3nc(-c4cnc(N)c(CCc5cccnc5)c4)cc32)C1. The lowest BCUT2D eigenvalue weighted by molar-refractivity contribution is 0.201. The Morgan fingerprint density at radius 2 is 2.00 bits per heavy atom. The van der Waals surface area contributed by atoms with Crippen molar-refractivity contribution >= 4 is 11.8 Å². The summed E-state index contributed by atoms with van der Waals surface area (Å²) in [7, 11) is 0. The van der Waals surface area contributed by atoms with Crippen molar-refractivity contribution in [2.45, 2.75) is 84.2 Å². The van der Waals surface area contributed by atoms with E-state index in [2.05, 4.69) is 52.0 Å². The van der Waals surface area contributed by atoms with Crippen LogP contribution in [-0.2, 0) is 24.8 Å². The largest absolute Gasteiger partial charge is 0.383 e. The number of nitrogens with one attached hydrogen (secondary N) is 1. The van der Waals surface area contributed by atoms with Gasteiger partial charge in [-0.05, 0) is 68.4 Å². The van der Waals surface area contributed by atoms with Crippen LogP contribution in [-0.4, -0.2) is 49.8 Å². The number of fused-ring (bicyclic) bond motifs is 2. The molecule has 8 heteroatoms. The van der Waals surface area contributed by atoms with Gasteiger partial charge in [0, 0.05) is 60.9 Å². The number of nitrogens with two attached hydrogens (primary N) is 1. The van der Waals surface area contributed by atoms with Crippen molar-refractivity contribution in [2.75, 3.05) is 18.8 Å². The predicted molar refractivity (Wildman–Crippen MR) is 148 cm³/mol. The van der Waals surface area contributed by atoms with Gasteiger partial charge in [-0.3, -0.25) is 9.67 Å². The van der Waals surface area contributed by atoms with E-state index in [1.807, 2.05) is 37.2 Å². The van der Waals surface area contributed by atoms with Gasteiger partial charge in [0.15, 0.2) is 0 Å². The first kappa shape index (κ1) is 26.6. The van der Waals surface area contributed by atoms with E-state index in [1.54, 1.807) is 6.20 Å². The lowest BCUT2D eigenvalue weighted by atomic mass is 9.82. The molecular weight excluding hydrogens is 462 g/mol. The number of amides is 2. The standard InChI is InChI=1S/C27H35N7O.C2H6/c1-3-5-19(2)31-26(35)33-12-9-27(18-33)10-13-34-24(27)15-23(32-34)22-14-21(25(28)30-17-22)8-7-20-6-4-11-29-16-20;1-2/h4,6,11,14-17,19H,3,5,7-10,12-13,18H2,1-2H3,(H2,28,30)(H,31,35);1-2H3. The molecule has 2 aliphatic rings. The van der Waals surface area contributed by atoms with Crippen LogP contribution in [0, 0.1) is 0 Å². The number of urea groups is 1. The molecule has 198 valence electrons. The summed E-state index contributed by atoms with van der Waals surface area (Å²) in [5.74, 6) is 0.565. The van der Waals surface area contributed by atoms with Crippen molar-refractivity contribution in [3.63, 3.8) is 0 Å². The molecule has 3 aromatic rings. The molecule has 1 fully saturated rings. The molecule has 2 amide bonds. The number of aryl methyl sites for hydroxylation is 3. The van der Waals surface area contributed by atoms with Crippen LogP contribution in [0.5, 0.6) is 0 Å². The maximum Gasteiger partial charge on any atom is 0.317 e. The Balaban J connectivity index is 0.00000156. The molecule has 0 aliphatic carbocycles. The Kier molecular flexibility index (Phi) is 8.46. The maximum absolute atomic E-state index is 12.8. The first-order valence-electron chi connectivity index (χ1n) is 13.7. The molecule has 8 nitrogen and oxygen atoms in total. The van der Waals surface area contributed by atoms with Gasteiger partial charge in [0.1, 0.15) is 5.82 Å². The van der Waals surface area contributed by atoms with Crippen LogP contribution < -0.4 is 11.1 Å². The van der Waals surface area contributed by atoms with Crippen LogP contribution in [0.15, 0.2) is 42.9 Å². The number of aromatic nitrogens is 4. The first-order chi connectivity index (χ1) is 18.0. The third-order valence-corrected chi connectivity index (χ3v) is 7.56. The fourth-order valence-electron chi connectivity index (χ4n) is 5.56. The maximum atomic E-state index is 12.8. The molecule has 2 atom stereocenters. The number of likely N-dealkylation sites (tertiary alicyclic amines) is 1. The molecule has 0 saturated carbocycles. The van der Waals surface area contributed by atoms with Crippen molar-refractivity contribution in [3.8, 4) is 11.3 Å². The van der Waals surface area contributed by atoms with Crippen LogP contribution >= 0.6 is 0 Å². The fourth-order valence-corrected chi connectivity index (χ4v) is 5.56. The van der Waals surface area contributed by atoms with Crippen LogP contribution in [0.4, 0.5) is 10.6 Å². The number of nitrogen functional groups attached to an aromatic ring is 1. The van der Waals surface area contributed by atoms with E-state index in [0.717, 1.165) is 75.0 Å². The monoisotopic (exact) mass is 503 g/mol. The quantitative estimate of drug-likeness (QED) is 0.473. The Hall–Kier alpha value is -3.42. The van der Waals surface area contributed by atoms with Crippen LogP contribution in [0.25, 0.3) is 11.3 Å². The van der Waals surface area contributed by atoms with Gasteiger partial charge >= 0.3 is 6.03 Å². The first-order valence-corrected chi connectivity index (χ1v) is 13.7. The number of carbonyl (C=O) groups excluding carboxylic acids is 1. The minimum absolute atomic E-state index is 0.0129. The van der Waals surface area contributed by atoms with E-state index in [1.165, 1.54) is 11.3 Å². The highest BCUT2D eigenvalue weighted by atomic mass is 16.2. The minimum Gasteiger partial charge on any atom is -0.383 e. The molecule has 37 heavy (non-hydrogen) atoms. The lowest BCUT2D eigenvalue weighted by Crippen LogP contribution is -2.44. The summed E-state index contributed by atoms with van der Waals surface area (Å²) < 4.78 is 2.13. The molecule has 2 aliphatic heterocycles. The van der Waals surface area contributed by atoms with Crippen molar-refractivity contribution in [2.24, 2.45) is 0 Å².